The molecule has 22 heavy (non-hydrogen) atoms. The van der Waals surface area contributed by atoms with Gasteiger partial charge in [0.2, 0.25) is 5.79 Å². The van der Waals surface area contributed by atoms with Crippen molar-refractivity contribution < 1.29 is 14.2 Å². The highest BCUT2D eigenvalue weighted by Gasteiger charge is 2.29. The molecule has 1 aromatic rings. The van der Waals surface area contributed by atoms with E-state index in [0.717, 1.165) is 34.4 Å². The third-order valence-electron chi connectivity index (χ3n) is 3.76. The molecule has 0 radical (unpaired) electrons. The maximum absolute atomic E-state index is 5.88. The van der Waals surface area contributed by atoms with Crippen LogP contribution in [0.5, 0.6) is 5.75 Å². The molecular formula is C18H27BrO3. The van der Waals surface area contributed by atoms with Gasteiger partial charge in [0.25, 0.3) is 0 Å². The van der Waals surface area contributed by atoms with E-state index in [4.69, 9.17) is 14.2 Å². The Morgan fingerprint density at radius 2 is 1.95 bits per heavy atom. The Morgan fingerprint density at radius 3 is 2.73 bits per heavy atom. The predicted octanol–water partition coefficient (Wildman–Crippen LogP) is 5.58. The minimum Gasteiger partial charge on any atom is -0.461 e. The van der Waals surface area contributed by atoms with Gasteiger partial charge < -0.3 is 14.2 Å². The molecule has 1 aliphatic rings. The lowest BCUT2D eigenvalue weighted by atomic mass is 10.1. The largest absolute Gasteiger partial charge is 0.461 e. The number of unbranched alkanes of at least 4 members (excludes halogenated alkanes) is 4. The van der Waals surface area contributed by atoms with Crippen molar-refractivity contribution in [3.8, 4) is 5.75 Å². The van der Waals surface area contributed by atoms with Crippen LogP contribution in [0.1, 0.15) is 64.0 Å². The third-order valence-corrected chi connectivity index (χ3v) is 4.35. The average Bonchev–Trinajstić information content (AvgIpc) is 2.47. The zero-order valence-electron chi connectivity index (χ0n) is 13.9. The van der Waals surface area contributed by atoms with Crippen LogP contribution in [0.2, 0.25) is 0 Å². The molecule has 0 N–H and O–H groups in total. The van der Waals surface area contributed by atoms with Gasteiger partial charge in [0.15, 0.2) is 0 Å². The summed E-state index contributed by atoms with van der Waals surface area (Å²) in [5, 5.41) is 0. The van der Waals surface area contributed by atoms with Gasteiger partial charge in [0, 0.05) is 26.0 Å². The number of hydrogen-bond acceptors (Lipinski definition) is 3. The average molecular weight is 371 g/mol. The Morgan fingerprint density at radius 1 is 1.18 bits per heavy atom. The van der Waals surface area contributed by atoms with Crippen molar-refractivity contribution in [2.75, 3.05) is 6.61 Å². The number of ether oxygens (including phenoxy) is 3. The molecule has 0 spiro atoms. The number of benzene rings is 1. The standard InChI is InChI=1S/C18H27BrO3/c1-4-5-6-7-8-9-20-12-14-10-15-13-21-18(2,3)22-17(15)16(19)11-14/h10-11H,4-9,12-13H2,1-3H3. The van der Waals surface area contributed by atoms with Crippen molar-refractivity contribution >= 4 is 15.9 Å². The normalized spacial score (nSPS) is 16.2. The maximum Gasteiger partial charge on any atom is 0.205 e. The van der Waals surface area contributed by atoms with Gasteiger partial charge in [-0.3, -0.25) is 0 Å². The first kappa shape index (κ1) is 17.8. The van der Waals surface area contributed by atoms with Crippen molar-refractivity contribution in [3.05, 3.63) is 27.7 Å². The van der Waals surface area contributed by atoms with E-state index >= 15 is 0 Å². The summed E-state index contributed by atoms with van der Waals surface area (Å²) in [4.78, 5) is 0. The first-order valence-corrected chi connectivity index (χ1v) is 9.03. The van der Waals surface area contributed by atoms with Crippen LogP contribution in [0.25, 0.3) is 0 Å². The van der Waals surface area contributed by atoms with Crippen LogP contribution in [0.15, 0.2) is 16.6 Å². The first-order valence-electron chi connectivity index (χ1n) is 8.24. The van der Waals surface area contributed by atoms with E-state index in [1.54, 1.807) is 0 Å². The molecule has 3 nitrogen and oxygen atoms in total. The Bertz CT molecular complexity index is 485. The van der Waals surface area contributed by atoms with Crippen molar-refractivity contribution in [2.24, 2.45) is 0 Å². The zero-order chi connectivity index (χ0) is 16.0. The van der Waals surface area contributed by atoms with Crippen LogP contribution in [-0.4, -0.2) is 12.4 Å². The lowest BCUT2D eigenvalue weighted by Crippen LogP contribution is -2.35. The Hall–Kier alpha value is -0.580. The molecule has 0 aliphatic carbocycles. The van der Waals surface area contributed by atoms with Crippen LogP contribution < -0.4 is 4.74 Å². The number of fused-ring (bicyclic) bond motifs is 1. The van der Waals surface area contributed by atoms with Gasteiger partial charge in [-0.2, -0.15) is 0 Å². The molecule has 0 fully saturated rings. The van der Waals surface area contributed by atoms with Gasteiger partial charge >= 0.3 is 0 Å². The monoisotopic (exact) mass is 370 g/mol. The zero-order valence-corrected chi connectivity index (χ0v) is 15.5. The van der Waals surface area contributed by atoms with E-state index in [1.807, 2.05) is 13.8 Å². The molecular weight excluding hydrogens is 344 g/mol. The molecule has 1 aromatic carbocycles. The summed E-state index contributed by atoms with van der Waals surface area (Å²) in [6.45, 7) is 8.14. The topological polar surface area (TPSA) is 27.7 Å². The highest BCUT2D eigenvalue weighted by atomic mass is 79.9. The Labute approximate surface area is 142 Å². The first-order chi connectivity index (χ1) is 10.5. The van der Waals surface area contributed by atoms with Gasteiger partial charge in [-0.25, -0.2) is 0 Å². The summed E-state index contributed by atoms with van der Waals surface area (Å²) in [6, 6.07) is 4.20. The van der Waals surface area contributed by atoms with Crippen molar-refractivity contribution in [1.82, 2.24) is 0 Å². The Kier molecular flexibility index (Phi) is 6.72. The minimum absolute atomic E-state index is 0.563. The van der Waals surface area contributed by atoms with E-state index in [-0.39, 0.29) is 0 Å². The lowest BCUT2D eigenvalue weighted by molar-refractivity contribution is -0.180. The maximum atomic E-state index is 5.88. The minimum atomic E-state index is -0.563. The summed E-state index contributed by atoms with van der Waals surface area (Å²) in [6.07, 6.45) is 6.33. The van der Waals surface area contributed by atoms with E-state index in [2.05, 4.69) is 35.0 Å². The molecule has 2 rings (SSSR count). The van der Waals surface area contributed by atoms with E-state index in [9.17, 15) is 0 Å². The predicted molar refractivity (Wildman–Crippen MR) is 92.1 cm³/mol. The molecule has 1 heterocycles. The summed E-state index contributed by atoms with van der Waals surface area (Å²) in [5.74, 6) is 0.325. The number of hydrogen-bond donors (Lipinski definition) is 0. The second kappa shape index (κ2) is 8.32. The van der Waals surface area contributed by atoms with Crippen LogP contribution in [-0.2, 0) is 22.7 Å². The third kappa shape index (κ3) is 5.25. The molecule has 4 heteroatoms. The van der Waals surface area contributed by atoms with E-state index in [1.165, 1.54) is 25.7 Å². The summed E-state index contributed by atoms with van der Waals surface area (Å²) < 4.78 is 18.3. The molecule has 0 amide bonds. The number of halogens is 1. The summed E-state index contributed by atoms with van der Waals surface area (Å²) in [5.41, 5.74) is 2.24. The summed E-state index contributed by atoms with van der Waals surface area (Å²) >= 11 is 3.60. The fourth-order valence-corrected chi connectivity index (χ4v) is 3.17. The van der Waals surface area contributed by atoms with Crippen LogP contribution in [0.3, 0.4) is 0 Å². The molecule has 124 valence electrons. The van der Waals surface area contributed by atoms with Gasteiger partial charge in [-0.15, -0.1) is 0 Å². The van der Waals surface area contributed by atoms with Crippen LogP contribution in [0, 0.1) is 0 Å². The molecule has 0 atom stereocenters. The molecule has 0 unspecified atom stereocenters. The molecule has 0 aromatic heterocycles. The van der Waals surface area contributed by atoms with Crippen LogP contribution >= 0.6 is 15.9 Å². The molecule has 0 bridgehead atoms. The Balaban J connectivity index is 1.82. The molecule has 0 saturated heterocycles. The number of rotatable bonds is 8. The SMILES string of the molecule is CCCCCCCOCc1cc(Br)c2c(c1)COC(C)(C)O2. The fraction of sp³-hybridized carbons (Fsp3) is 0.667. The highest BCUT2D eigenvalue weighted by Crippen LogP contribution is 2.38. The molecule has 1 aliphatic heterocycles. The highest BCUT2D eigenvalue weighted by molar-refractivity contribution is 9.10. The van der Waals surface area contributed by atoms with Crippen LogP contribution in [0.4, 0.5) is 0 Å². The quantitative estimate of drug-likeness (QED) is 0.558. The van der Waals surface area contributed by atoms with Crippen molar-refractivity contribution in [2.45, 2.75) is 71.9 Å². The fourth-order valence-electron chi connectivity index (χ4n) is 2.54. The van der Waals surface area contributed by atoms with E-state index < -0.39 is 5.79 Å². The van der Waals surface area contributed by atoms with Crippen molar-refractivity contribution in [1.29, 1.82) is 0 Å². The second-order valence-electron chi connectivity index (χ2n) is 6.32. The van der Waals surface area contributed by atoms with Gasteiger partial charge in [-0.05, 0) is 40.0 Å². The summed E-state index contributed by atoms with van der Waals surface area (Å²) in [7, 11) is 0. The van der Waals surface area contributed by atoms with Gasteiger partial charge in [0.05, 0.1) is 17.7 Å². The van der Waals surface area contributed by atoms with Gasteiger partial charge in [0.1, 0.15) is 5.75 Å². The molecule has 0 saturated carbocycles. The smallest absolute Gasteiger partial charge is 0.205 e. The lowest BCUT2D eigenvalue weighted by Gasteiger charge is -2.33. The van der Waals surface area contributed by atoms with Crippen molar-refractivity contribution in [3.63, 3.8) is 0 Å². The van der Waals surface area contributed by atoms with Gasteiger partial charge in [-0.1, -0.05) is 32.6 Å². The second-order valence-corrected chi connectivity index (χ2v) is 7.18. The van der Waals surface area contributed by atoms with E-state index in [0.29, 0.717) is 13.2 Å².